The van der Waals surface area contributed by atoms with Gasteiger partial charge in [0.2, 0.25) is 0 Å². The number of alkyl halides is 1. The lowest BCUT2D eigenvalue weighted by Crippen LogP contribution is -2.34. The summed E-state index contributed by atoms with van der Waals surface area (Å²) >= 11 is 6.81. The lowest BCUT2D eigenvalue weighted by atomic mass is 10.1. The molecule has 0 bridgehead atoms. The summed E-state index contributed by atoms with van der Waals surface area (Å²) in [6.07, 6.45) is 1.90. The molecule has 4 heteroatoms. The third-order valence-electron chi connectivity index (χ3n) is 2.65. The SMILES string of the molecule is CCC(CCBr)NC(=O)c1cc(C)ccc1Br. The summed E-state index contributed by atoms with van der Waals surface area (Å²) in [5, 5.41) is 3.96. The Bertz CT molecular complexity index is 393. The smallest absolute Gasteiger partial charge is 0.252 e. The molecule has 0 radical (unpaired) electrons. The second-order valence-corrected chi connectivity index (χ2v) is 5.69. The van der Waals surface area contributed by atoms with E-state index in [4.69, 9.17) is 0 Å². The second-order valence-electron chi connectivity index (χ2n) is 4.04. The average Bonchev–Trinajstić information content (AvgIpc) is 2.31. The lowest BCUT2D eigenvalue weighted by Gasteiger charge is -2.16. The highest BCUT2D eigenvalue weighted by molar-refractivity contribution is 9.10. The van der Waals surface area contributed by atoms with Gasteiger partial charge in [-0.2, -0.15) is 0 Å². The number of hydrogen-bond acceptors (Lipinski definition) is 1. The quantitative estimate of drug-likeness (QED) is 0.786. The van der Waals surface area contributed by atoms with Crippen LogP contribution < -0.4 is 5.32 Å². The normalized spacial score (nSPS) is 12.2. The minimum atomic E-state index is -0.00613. The van der Waals surface area contributed by atoms with E-state index >= 15 is 0 Å². The number of aryl methyl sites for hydroxylation is 1. The van der Waals surface area contributed by atoms with Crippen molar-refractivity contribution >= 4 is 37.8 Å². The summed E-state index contributed by atoms with van der Waals surface area (Å²) in [4.78, 5) is 12.1. The van der Waals surface area contributed by atoms with Gasteiger partial charge in [-0.05, 0) is 47.8 Å². The number of nitrogens with one attached hydrogen (secondary N) is 1. The van der Waals surface area contributed by atoms with Crippen LogP contribution in [0.3, 0.4) is 0 Å². The molecule has 0 spiro atoms. The highest BCUT2D eigenvalue weighted by Crippen LogP contribution is 2.18. The Morgan fingerprint density at radius 1 is 1.47 bits per heavy atom. The molecular weight excluding hydrogens is 346 g/mol. The van der Waals surface area contributed by atoms with Crippen molar-refractivity contribution in [2.45, 2.75) is 32.7 Å². The molecule has 0 aliphatic rings. The maximum absolute atomic E-state index is 12.1. The van der Waals surface area contributed by atoms with Crippen molar-refractivity contribution in [1.29, 1.82) is 0 Å². The molecule has 1 aromatic rings. The van der Waals surface area contributed by atoms with Gasteiger partial charge in [0.1, 0.15) is 0 Å². The molecule has 1 rings (SSSR count). The van der Waals surface area contributed by atoms with Gasteiger partial charge < -0.3 is 5.32 Å². The van der Waals surface area contributed by atoms with Gasteiger partial charge in [-0.25, -0.2) is 0 Å². The van der Waals surface area contributed by atoms with E-state index in [9.17, 15) is 4.79 Å². The average molecular weight is 363 g/mol. The Kier molecular flexibility index (Phi) is 6.20. The van der Waals surface area contributed by atoms with E-state index in [2.05, 4.69) is 44.1 Å². The Balaban J connectivity index is 2.78. The van der Waals surface area contributed by atoms with E-state index in [0.29, 0.717) is 5.56 Å². The van der Waals surface area contributed by atoms with Gasteiger partial charge in [0.05, 0.1) is 5.56 Å². The molecule has 17 heavy (non-hydrogen) atoms. The Morgan fingerprint density at radius 2 is 2.18 bits per heavy atom. The van der Waals surface area contributed by atoms with Crippen molar-refractivity contribution < 1.29 is 4.79 Å². The number of hydrogen-bond donors (Lipinski definition) is 1. The fraction of sp³-hybridized carbons (Fsp3) is 0.462. The lowest BCUT2D eigenvalue weighted by molar-refractivity contribution is 0.0934. The van der Waals surface area contributed by atoms with Gasteiger partial charge >= 0.3 is 0 Å². The topological polar surface area (TPSA) is 29.1 Å². The van der Waals surface area contributed by atoms with E-state index in [-0.39, 0.29) is 11.9 Å². The van der Waals surface area contributed by atoms with Crippen LogP contribution in [0.2, 0.25) is 0 Å². The van der Waals surface area contributed by atoms with Gasteiger partial charge in [-0.3, -0.25) is 4.79 Å². The Morgan fingerprint density at radius 3 is 2.76 bits per heavy atom. The third kappa shape index (κ3) is 4.43. The molecule has 0 saturated heterocycles. The number of rotatable bonds is 5. The van der Waals surface area contributed by atoms with Crippen LogP contribution in [-0.2, 0) is 0 Å². The summed E-state index contributed by atoms with van der Waals surface area (Å²) in [7, 11) is 0. The maximum atomic E-state index is 12.1. The van der Waals surface area contributed by atoms with Crippen LogP contribution in [0.15, 0.2) is 22.7 Å². The summed E-state index contributed by atoms with van der Waals surface area (Å²) in [5.74, 6) is -0.00613. The van der Waals surface area contributed by atoms with Gasteiger partial charge in [0, 0.05) is 15.8 Å². The molecule has 0 heterocycles. The Hall–Kier alpha value is -0.350. The summed E-state index contributed by atoms with van der Waals surface area (Å²) < 4.78 is 0.842. The molecule has 1 unspecified atom stereocenters. The molecule has 1 atom stereocenters. The predicted molar refractivity (Wildman–Crippen MR) is 78.8 cm³/mol. The minimum absolute atomic E-state index is 0.00613. The molecule has 1 aromatic carbocycles. The third-order valence-corrected chi connectivity index (χ3v) is 3.80. The van der Waals surface area contributed by atoms with E-state index in [1.165, 1.54) is 0 Å². The first-order valence-corrected chi connectivity index (χ1v) is 7.63. The highest BCUT2D eigenvalue weighted by Gasteiger charge is 2.14. The first-order chi connectivity index (χ1) is 8.08. The zero-order chi connectivity index (χ0) is 12.8. The summed E-state index contributed by atoms with van der Waals surface area (Å²) in [5.41, 5.74) is 1.80. The van der Waals surface area contributed by atoms with Crippen LogP contribution in [0.25, 0.3) is 0 Å². The zero-order valence-corrected chi connectivity index (χ0v) is 13.3. The molecular formula is C13H17Br2NO. The van der Waals surface area contributed by atoms with Gasteiger partial charge in [0.25, 0.3) is 5.91 Å². The van der Waals surface area contributed by atoms with Crippen molar-refractivity contribution in [2.24, 2.45) is 0 Å². The molecule has 94 valence electrons. The van der Waals surface area contributed by atoms with Crippen LogP contribution in [0.5, 0.6) is 0 Å². The van der Waals surface area contributed by atoms with Gasteiger partial charge in [-0.1, -0.05) is 34.5 Å². The molecule has 0 fully saturated rings. The first-order valence-electron chi connectivity index (χ1n) is 5.71. The van der Waals surface area contributed by atoms with Crippen molar-refractivity contribution in [3.8, 4) is 0 Å². The van der Waals surface area contributed by atoms with Gasteiger partial charge in [-0.15, -0.1) is 0 Å². The molecule has 1 N–H and O–H groups in total. The standard InChI is InChI=1S/C13H17Br2NO/c1-3-10(6-7-14)16-13(17)11-8-9(2)4-5-12(11)15/h4-5,8,10H,3,6-7H2,1-2H3,(H,16,17). The second kappa shape index (κ2) is 7.17. The number of carbonyl (C=O) groups excluding carboxylic acids is 1. The van der Waals surface area contributed by atoms with Crippen LogP contribution in [-0.4, -0.2) is 17.3 Å². The molecule has 1 amide bonds. The fourth-order valence-electron chi connectivity index (χ4n) is 1.59. The molecule has 0 aliphatic heterocycles. The number of amides is 1. The molecule has 0 aliphatic carbocycles. The number of carbonyl (C=O) groups is 1. The van der Waals surface area contributed by atoms with E-state index in [0.717, 1.165) is 28.2 Å². The molecule has 2 nitrogen and oxygen atoms in total. The maximum Gasteiger partial charge on any atom is 0.252 e. The van der Waals surface area contributed by atoms with Crippen molar-refractivity contribution in [2.75, 3.05) is 5.33 Å². The van der Waals surface area contributed by atoms with E-state index < -0.39 is 0 Å². The predicted octanol–water partition coefficient (Wildman–Crippen LogP) is 4.05. The largest absolute Gasteiger partial charge is 0.349 e. The van der Waals surface area contributed by atoms with Crippen LogP contribution in [0, 0.1) is 6.92 Å². The molecule has 0 aromatic heterocycles. The van der Waals surface area contributed by atoms with Crippen LogP contribution in [0.4, 0.5) is 0 Å². The van der Waals surface area contributed by atoms with Crippen molar-refractivity contribution in [3.05, 3.63) is 33.8 Å². The summed E-state index contributed by atoms with van der Waals surface area (Å²) in [6, 6.07) is 6.03. The first kappa shape index (κ1) is 14.7. The zero-order valence-electron chi connectivity index (χ0n) is 10.1. The van der Waals surface area contributed by atoms with Gasteiger partial charge in [0.15, 0.2) is 0 Å². The fourth-order valence-corrected chi connectivity index (χ4v) is 2.57. The number of halogens is 2. The highest BCUT2D eigenvalue weighted by atomic mass is 79.9. The number of benzene rings is 1. The van der Waals surface area contributed by atoms with Crippen molar-refractivity contribution in [3.63, 3.8) is 0 Å². The van der Waals surface area contributed by atoms with Crippen LogP contribution in [0.1, 0.15) is 35.7 Å². The summed E-state index contributed by atoms with van der Waals surface area (Å²) in [6.45, 7) is 4.07. The van der Waals surface area contributed by atoms with Crippen LogP contribution >= 0.6 is 31.9 Å². The Labute approximate surface area is 119 Å². The molecule has 0 saturated carbocycles. The van der Waals surface area contributed by atoms with E-state index in [1.807, 2.05) is 25.1 Å². The van der Waals surface area contributed by atoms with E-state index in [1.54, 1.807) is 0 Å². The monoisotopic (exact) mass is 361 g/mol. The minimum Gasteiger partial charge on any atom is -0.349 e. The van der Waals surface area contributed by atoms with Crippen molar-refractivity contribution in [1.82, 2.24) is 5.32 Å².